The molecule has 6 nitrogen and oxygen atoms in total. The molecule has 8 heteroatoms. The summed E-state index contributed by atoms with van der Waals surface area (Å²) in [5.74, 6) is -2.81. The Morgan fingerprint density at radius 3 is 2.67 bits per heavy atom. The third-order valence-corrected chi connectivity index (χ3v) is 3.32. The zero-order chi connectivity index (χ0) is 15.8. The minimum absolute atomic E-state index is 0.0791. The molecule has 0 saturated carbocycles. The van der Waals surface area contributed by atoms with Crippen molar-refractivity contribution in [3.8, 4) is 0 Å². The van der Waals surface area contributed by atoms with Gasteiger partial charge in [0.1, 0.15) is 5.82 Å². The van der Waals surface area contributed by atoms with E-state index in [1.165, 1.54) is 6.07 Å². The lowest BCUT2D eigenvalue weighted by atomic mass is 10.2. The Labute approximate surface area is 125 Å². The van der Waals surface area contributed by atoms with E-state index in [0.29, 0.717) is 11.4 Å². The highest BCUT2D eigenvalue weighted by molar-refractivity contribution is 8.00. The second kappa shape index (κ2) is 8.25. The molecule has 0 fully saturated rings. The number of halogens is 1. The van der Waals surface area contributed by atoms with Crippen LogP contribution in [0.15, 0.2) is 23.1 Å². The van der Waals surface area contributed by atoms with Crippen LogP contribution >= 0.6 is 11.8 Å². The van der Waals surface area contributed by atoms with Crippen LogP contribution in [0.3, 0.4) is 0 Å². The number of rotatable bonds is 6. The van der Waals surface area contributed by atoms with Crippen LogP contribution in [-0.4, -0.2) is 35.3 Å². The summed E-state index contributed by atoms with van der Waals surface area (Å²) >= 11 is 1.01. The number of aromatic carboxylic acids is 1. The number of amides is 3. The zero-order valence-electron chi connectivity index (χ0n) is 11.3. The molecule has 1 rings (SSSR count). The third-order valence-electron chi connectivity index (χ3n) is 2.33. The fourth-order valence-electron chi connectivity index (χ4n) is 1.35. The van der Waals surface area contributed by atoms with Gasteiger partial charge in [-0.2, -0.15) is 0 Å². The summed E-state index contributed by atoms with van der Waals surface area (Å²) in [5.41, 5.74) is -0.457. The van der Waals surface area contributed by atoms with Gasteiger partial charge in [0.2, 0.25) is 5.91 Å². The highest BCUT2D eigenvalue weighted by Gasteiger charge is 2.12. The molecule has 0 aliphatic carbocycles. The molecule has 0 bridgehead atoms. The minimum Gasteiger partial charge on any atom is -0.478 e. The van der Waals surface area contributed by atoms with E-state index in [1.54, 1.807) is 0 Å². The van der Waals surface area contributed by atoms with Gasteiger partial charge in [0.05, 0.1) is 11.3 Å². The summed E-state index contributed by atoms with van der Waals surface area (Å²) in [5, 5.41) is 13.4. The number of hydrogen-bond donors (Lipinski definition) is 3. The van der Waals surface area contributed by atoms with Crippen molar-refractivity contribution in [3.05, 3.63) is 29.6 Å². The van der Waals surface area contributed by atoms with E-state index in [9.17, 15) is 18.8 Å². The summed E-state index contributed by atoms with van der Waals surface area (Å²) < 4.78 is 13.2. The van der Waals surface area contributed by atoms with Crippen LogP contribution in [0.5, 0.6) is 0 Å². The van der Waals surface area contributed by atoms with Crippen molar-refractivity contribution in [2.75, 3.05) is 12.3 Å². The van der Waals surface area contributed by atoms with Crippen LogP contribution in [0.1, 0.15) is 23.7 Å². The van der Waals surface area contributed by atoms with Crippen molar-refractivity contribution < 1.29 is 23.9 Å². The molecule has 0 atom stereocenters. The average molecular weight is 314 g/mol. The quantitative estimate of drug-likeness (QED) is 0.697. The van der Waals surface area contributed by atoms with E-state index >= 15 is 0 Å². The largest absolute Gasteiger partial charge is 0.478 e. The number of nitrogens with one attached hydrogen (secondary N) is 2. The number of thioether (sulfide) groups is 1. The van der Waals surface area contributed by atoms with Gasteiger partial charge in [0, 0.05) is 11.4 Å². The molecule has 21 heavy (non-hydrogen) atoms. The van der Waals surface area contributed by atoms with Crippen LogP contribution in [-0.2, 0) is 4.79 Å². The van der Waals surface area contributed by atoms with Crippen LogP contribution < -0.4 is 10.6 Å². The molecular formula is C13H15FN2O4S. The Hall–Kier alpha value is -2.09. The number of urea groups is 1. The molecule has 114 valence electrons. The van der Waals surface area contributed by atoms with E-state index in [4.69, 9.17) is 5.11 Å². The lowest BCUT2D eigenvalue weighted by Gasteiger charge is -2.06. The van der Waals surface area contributed by atoms with Crippen molar-refractivity contribution in [2.45, 2.75) is 18.2 Å². The molecule has 3 N–H and O–H groups in total. The van der Waals surface area contributed by atoms with Gasteiger partial charge in [-0.05, 0) is 24.6 Å². The Balaban J connectivity index is 2.52. The Bertz CT molecular complexity index is 551. The van der Waals surface area contributed by atoms with Gasteiger partial charge in [-0.1, -0.05) is 6.92 Å². The standard InChI is InChI=1S/C13H15FN2O4S/c1-2-5-15-13(20)16-11(17)7-21-8-3-4-10(14)9(6-8)12(18)19/h3-4,6H,2,5,7H2,1H3,(H,18,19)(H2,15,16,17,20). The van der Waals surface area contributed by atoms with Crippen LogP contribution in [0.2, 0.25) is 0 Å². The molecule has 1 aromatic carbocycles. The number of carbonyl (C=O) groups is 3. The maximum Gasteiger partial charge on any atom is 0.338 e. The second-order valence-electron chi connectivity index (χ2n) is 4.04. The van der Waals surface area contributed by atoms with Crippen LogP contribution in [0, 0.1) is 5.82 Å². The molecule has 3 amide bonds. The monoisotopic (exact) mass is 314 g/mol. The summed E-state index contributed by atoms with van der Waals surface area (Å²) in [6.45, 7) is 2.35. The predicted molar refractivity (Wildman–Crippen MR) is 75.9 cm³/mol. The molecule has 0 aliphatic rings. The number of benzene rings is 1. The van der Waals surface area contributed by atoms with Crippen molar-refractivity contribution in [1.29, 1.82) is 0 Å². The van der Waals surface area contributed by atoms with E-state index < -0.39 is 29.3 Å². The third kappa shape index (κ3) is 5.82. The minimum atomic E-state index is -1.38. The highest BCUT2D eigenvalue weighted by Crippen LogP contribution is 2.21. The van der Waals surface area contributed by atoms with E-state index in [2.05, 4.69) is 10.6 Å². The van der Waals surface area contributed by atoms with E-state index in [-0.39, 0.29) is 5.75 Å². The molecular weight excluding hydrogens is 299 g/mol. The first-order chi connectivity index (χ1) is 9.93. The van der Waals surface area contributed by atoms with Gasteiger partial charge in [0.25, 0.3) is 0 Å². The lowest BCUT2D eigenvalue weighted by molar-refractivity contribution is -0.117. The maximum absolute atomic E-state index is 13.2. The smallest absolute Gasteiger partial charge is 0.338 e. The normalized spacial score (nSPS) is 10.0. The molecule has 0 unspecified atom stereocenters. The fraction of sp³-hybridized carbons (Fsp3) is 0.308. The number of carboxylic acids is 1. The number of carbonyl (C=O) groups excluding carboxylic acids is 2. The van der Waals surface area contributed by atoms with Gasteiger partial charge in [0.15, 0.2) is 0 Å². The Kier molecular flexibility index (Phi) is 6.67. The predicted octanol–water partition coefficient (Wildman–Crippen LogP) is 1.85. The number of hydrogen-bond acceptors (Lipinski definition) is 4. The summed E-state index contributed by atoms with van der Waals surface area (Å²) in [4.78, 5) is 33.9. The second-order valence-corrected chi connectivity index (χ2v) is 5.09. The molecule has 0 heterocycles. The molecule has 0 radical (unpaired) electrons. The molecule has 0 aromatic heterocycles. The van der Waals surface area contributed by atoms with Crippen molar-refractivity contribution in [3.63, 3.8) is 0 Å². The molecule has 0 aliphatic heterocycles. The van der Waals surface area contributed by atoms with Crippen molar-refractivity contribution in [1.82, 2.24) is 10.6 Å². The maximum atomic E-state index is 13.2. The topological polar surface area (TPSA) is 95.5 Å². The first-order valence-electron chi connectivity index (χ1n) is 6.17. The summed E-state index contributed by atoms with van der Waals surface area (Å²) in [6.07, 6.45) is 0.754. The summed E-state index contributed by atoms with van der Waals surface area (Å²) in [6, 6.07) is 2.97. The van der Waals surface area contributed by atoms with Crippen LogP contribution in [0.4, 0.5) is 9.18 Å². The van der Waals surface area contributed by atoms with Crippen molar-refractivity contribution >= 4 is 29.7 Å². The van der Waals surface area contributed by atoms with Gasteiger partial charge >= 0.3 is 12.0 Å². The Morgan fingerprint density at radius 1 is 1.33 bits per heavy atom. The van der Waals surface area contributed by atoms with Crippen LogP contribution in [0.25, 0.3) is 0 Å². The van der Waals surface area contributed by atoms with Gasteiger partial charge in [-0.25, -0.2) is 14.0 Å². The first kappa shape index (κ1) is 17.0. The highest BCUT2D eigenvalue weighted by atomic mass is 32.2. The van der Waals surface area contributed by atoms with Gasteiger partial charge in [-0.3, -0.25) is 10.1 Å². The van der Waals surface area contributed by atoms with Gasteiger partial charge in [-0.15, -0.1) is 11.8 Å². The molecule has 0 spiro atoms. The average Bonchev–Trinajstić information content (AvgIpc) is 2.43. The zero-order valence-corrected chi connectivity index (χ0v) is 12.1. The first-order valence-corrected chi connectivity index (χ1v) is 7.16. The van der Waals surface area contributed by atoms with Crippen molar-refractivity contribution in [2.24, 2.45) is 0 Å². The lowest BCUT2D eigenvalue weighted by Crippen LogP contribution is -2.40. The number of carboxylic acid groups (broad SMARTS) is 1. The Morgan fingerprint density at radius 2 is 2.05 bits per heavy atom. The van der Waals surface area contributed by atoms with Gasteiger partial charge < -0.3 is 10.4 Å². The molecule has 1 aromatic rings. The number of imide groups is 1. The van der Waals surface area contributed by atoms with E-state index in [1.807, 2.05) is 6.92 Å². The molecule has 0 saturated heterocycles. The van der Waals surface area contributed by atoms with E-state index in [0.717, 1.165) is 30.3 Å². The SMILES string of the molecule is CCCNC(=O)NC(=O)CSc1ccc(F)c(C(=O)O)c1. The fourth-order valence-corrected chi connectivity index (χ4v) is 2.09. The summed E-state index contributed by atoms with van der Waals surface area (Å²) in [7, 11) is 0.